The Balaban J connectivity index is 1.33. The first-order valence-corrected chi connectivity index (χ1v) is 9.40. The minimum atomic E-state index is 0.636. The van der Waals surface area contributed by atoms with Gasteiger partial charge in [0, 0.05) is 32.9 Å². The third-order valence-electron chi connectivity index (χ3n) is 5.15. The molecule has 2 aromatic heterocycles. The molecule has 1 N–H and O–H groups in total. The minimum absolute atomic E-state index is 0.636. The van der Waals surface area contributed by atoms with Crippen LogP contribution in [-0.4, -0.2) is 55.8 Å². The second-order valence-corrected chi connectivity index (χ2v) is 7.06. The Morgan fingerprint density at radius 3 is 2.81 bits per heavy atom. The van der Waals surface area contributed by atoms with Crippen molar-refractivity contribution >= 4 is 5.95 Å². The van der Waals surface area contributed by atoms with Gasteiger partial charge in [0.1, 0.15) is 12.0 Å². The Morgan fingerprint density at radius 2 is 2.04 bits per heavy atom. The van der Waals surface area contributed by atoms with Gasteiger partial charge < -0.3 is 10.2 Å². The van der Waals surface area contributed by atoms with Crippen LogP contribution < -0.4 is 5.32 Å². The summed E-state index contributed by atoms with van der Waals surface area (Å²) in [4.78, 5) is 15.8. The van der Waals surface area contributed by atoms with Crippen LogP contribution in [-0.2, 0) is 7.05 Å². The van der Waals surface area contributed by atoms with Crippen molar-refractivity contribution in [1.82, 2.24) is 29.6 Å². The van der Waals surface area contributed by atoms with E-state index in [0.717, 1.165) is 43.3 Å². The van der Waals surface area contributed by atoms with E-state index in [0.29, 0.717) is 11.9 Å². The van der Waals surface area contributed by atoms with Crippen molar-refractivity contribution < 1.29 is 0 Å². The molecule has 140 valence electrons. The molecule has 0 spiro atoms. The van der Waals surface area contributed by atoms with E-state index in [9.17, 15) is 0 Å². The molecule has 0 radical (unpaired) electrons. The number of anilines is 1. The number of benzene rings is 1. The van der Waals surface area contributed by atoms with E-state index in [1.165, 1.54) is 12.0 Å². The molecule has 7 heteroatoms. The zero-order chi connectivity index (χ0) is 18.6. The highest BCUT2D eigenvalue weighted by molar-refractivity contribution is 5.55. The topological polar surface area (TPSA) is 71.8 Å². The van der Waals surface area contributed by atoms with Gasteiger partial charge in [-0.3, -0.25) is 0 Å². The van der Waals surface area contributed by atoms with Crippen LogP contribution >= 0.6 is 0 Å². The Hall–Kier alpha value is -2.80. The lowest BCUT2D eigenvalue weighted by molar-refractivity contribution is 0.347. The third kappa shape index (κ3) is 3.98. The molecule has 7 nitrogen and oxygen atoms in total. The maximum atomic E-state index is 4.64. The third-order valence-corrected chi connectivity index (χ3v) is 5.15. The van der Waals surface area contributed by atoms with E-state index < -0.39 is 0 Å². The van der Waals surface area contributed by atoms with E-state index in [-0.39, 0.29) is 0 Å². The Bertz CT molecular complexity index is 890. The van der Waals surface area contributed by atoms with E-state index in [1.807, 2.05) is 20.2 Å². The fourth-order valence-electron chi connectivity index (χ4n) is 3.62. The van der Waals surface area contributed by atoms with Gasteiger partial charge in [-0.25, -0.2) is 19.6 Å². The number of aromatic nitrogens is 5. The summed E-state index contributed by atoms with van der Waals surface area (Å²) < 4.78 is 1.73. The van der Waals surface area contributed by atoms with Crippen LogP contribution in [0.15, 0.2) is 42.9 Å². The predicted molar refractivity (Wildman–Crippen MR) is 105 cm³/mol. The van der Waals surface area contributed by atoms with Crippen molar-refractivity contribution in [3.8, 4) is 11.5 Å². The standard InChI is InChI=1S/C20H25N7/c1-15-12-22-20(25-18(15)19-23-14-24-26(19)2)21-9-11-27-10-8-17(13-27)16-6-4-3-5-7-16/h3-7,12,14,17H,8-11,13H2,1-2H3,(H,21,22,25)/t17-/m0/s1. The van der Waals surface area contributed by atoms with Gasteiger partial charge in [0.15, 0.2) is 5.82 Å². The molecule has 3 aromatic rings. The molecule has 27 heavy (non-hydrogen) atoms. The number of rotatable bonds is 6. The van der Waals surface area contributed by atoms with Crippen molar-refractivity contribution in [1.29, 1.82) is 0 Å². The fourth-order valence-corrected chi connectivity index (χ4v) is 3.62. The quantitative estimate of drug-likeness (QED) is 0.725. The smallest absolute Gasteiger partial charge is 0.223 e. The second kappa shape index (κ2) is 7.84. The molecule has 1 aliphatic heterocycles. The molecular formula is C20H25N7. The average Bonchev–Trinajstić information content (AvgIpc) is 3.33. The molecule has 0 amide bonds. The average molecular weight is 363 g/mol. The van der Waals surface area contributed by atoms with Gasteiger partial charge in [0.2, 0.25) is 5.95 Å². The van der Waals surface area contributed by atoms with Crippen LogP contribution in [0.25, 0.3) is 11.5 Å². The SMILES string of the molecule is Cc1cnc(NCCN2CC[C@H](c3ccccc3)C2)nc1-c1ncnn1C. The molecule has 1 fully saturated rings. The van der Waals surface area contributed by atoms with Crippen LogP contribution in [0.1, 0.15) is 23.5 Å². The van der Waals surface area contributed by atoms with Gasteiger partial charge in [0.25, 0.3) is 0 Å². The van der Waals surface area contributed by atoms with Crippen molar-refractivity contribution in [2.24, 2.45) is 7.05 Å². The first-order valence-electron chi connectivity index (χ1n) is 9.40. The largest absolute Gasteiger partial charge is 0.353 e. The number of nitrogens with zero attached hydrogens (tertiary/aromatic N) is 6. The summed E-state index contributed by atoms with van der Waals surface area (Å²) >= 11 is 0. The van der Waals surface area contributed by atoms with Gasteiger partial charge in [-0.2, -0.15) is 5.10 Å². The lowest BCUT2D eigenvalue weighted by atomic mass is 9.99. The normalized spacial score (nSPS) is 17.3. The molecule has 3 heterocycles. The summed E-state index contributed by atoms with van der Waals surface area (Å²) in [6, 6.07) is 10.8. The summed E-state index contributed by atoms with van der Waals surface area (Å²) in [7, 11) is 1.87. The number of likely N-dealkylation sites (tertiary alicyclic amines) is 1. The number of hydrogen-bond donors (Lipinski definition) is 1. The monoisotopic (exact) mass is 363 g/mol. The maximum Gasteiger partial charge on any atom is 0.223 e. The highest BCUT2D eigenvalue weighted by atomic mass is 15.3. The molecule has 0 saturated carbocycles. The van der Waals surface area contributed by atoms with Crippen LogP contribution in [0.4, 0.5) is 5.95 Å². The summed E-state index contributed by atoms with van der Waals surface area (Å²) in [5, 5.41) is 7.48. The fraction of sp³-hybridized carbons (Fsp3) is 0.400. The highest BCUT2D eigenvalue weighted by Crippen LogP contribution is 2.26. The van der Waals surface area contributed by atoms with Crippen LogP contribution in [0.2, 0.25) is 0 Å². The molecular weight excluding hydrogens is 338 g/mol. The molecule has 1 aromatic carbocycles. The predicted octanol–water partition coefficient (Wildman–Crippen LogP) is 2.48. The van der Waals surface area contributed by atoms with Gasteiger partial charge in [-0.15, -0.1) is 0 Å². The molecule has 1 aliphatic rings. The number of nitrogens with one attached hydrogen (secondary N) is 1. The molecule has 4 rings (SSSR count). The molecule has 0 unspecified atom stereocenters. The van der Waals surface area contributed by atoms with E-state index in [2.05, 4.69) is 60.6 Å². The van der Waals surface area contributed by atoms with Crippen LogP contribution in [0.3, 0.4) is 0 Å². The van der Waals surface area contributed by atoms with Gasteiger partial charge >= 0.3 is 0 Å². The van der Waals surface area contributed by atoms with Gasteiger partial charge in [-0.05, 0) is 36.9 Å². The lowest BCUT2D eigenvalue weighted by Gasteiger charge is -2.16. The van der Waals surface area contributed by atoms with Crippen LogP contribution in [0, 0.1) is 6.92 Å². The minimum Gasteiger partial charge on any atom is -0.353 e. The first-order chi connectivity index (χ1) is 13.2. The van der Waals surface area contributed by atoms with Crippen molar-refractivity contribution in [3.63, 3.8) is 0 Å². The number of hydrogen-bond acceptors (Lipinski definition) is 6. The Kier molecular flexibility index (Phi) is 5.11. The zero-order valence-electron chi connectivity index (χ0n) is 15.8. The lowest BCUT2D eigenvalue weighted by Crippen LogP contribution is -2.27. The summed E-state index contributed by atoms with van der Waals surface area (Å²) in [5.41, 5.74) is 3.25. The molecule has 0 bridgehead atoms. The second-order valence-electron chi connectivity index (χ2n) is 7.06. The van der Waals surface area contributed by atoms with E-state index in [4.69, 9.17) is 0 Å². The Morgan fingerprint density at radius 1 is 1.19 bits per heavy atom. The van der Waals surface area contributed by atoms with Gasteiger partial charge in [0.05, 0.1) is 0 Å². The summed E-state index contributed by atoms with van der Waals surface area (Å²) in [6.45, 7) is 6.05. The summed E-state index contributed by atoms with van der Waals surface area (Å²) in [6.07, 6.45) is 4.60. The first kappa shape index (κ1) is 17.6. The Labute approximate surface area is 159 Å². The van der Waals surface area contributed by atoms with Crippen molar-refractivity contribution in [3.05, 3.63) is 54.0 Å². The molecule has 1 atom stereocenters. The van der Waals surface area contributed by atoms with E-state index in [1.54, 1.807) is 11.0 Å². The molecule has 1 saturated heterocycles. The number of aryl methyl sites for hydroxylation is 2. The van der Waals surface area contributed by atoms with Crippen LogP contribution in [0.5, 0.6) is 0 Å². The van der Waals surface area contributed by atoms with Crippen molar-refractivity contribution in [2.75, 3.05) is 31.5 Å². The maximum absolute atomic E-state index is 4.64. The highest BCUT2D eigenvalue weighted by Gasteiger charge is 2.23. The summed E-state index contributed by atoms with van der Waals surface area (Å²) in [5.74, 6) is 2.03. The van der Waals surface area contributed by atoms with E-state index >= 15 is 0 Å². The van der Waals surface area contributed by atoms with Gasteiger partial charge in [-0.1, -0.05) is 30.3 Å². The van der Waals surface area contributed by atoms with Crippen molar-refractivity contribution in [2.45, 2.75) is 19.3 Å². The zero-order valence-corrected chi connectivity index (χ0v) is 15.8. The molecule has 0 aliphatic carbocycles.